The number of fused-ring (bicyclic) bond motifs is 3. The Balaban J connectivity index is 1.63. The molecule has 0 aromatic heterocycles. The maximum absolute atomic E-state index is 6.09. The number of allylic oxidation sites excluding steroid dienone is 3. The van der Waals surface area contributed by atoms with E-state index in [9.17, 15) is 0 Å². The molecular weight excluding hydrogens is 226 g/mol. The molecule has 0 spiro atoms. The third kappa shape index (κ3) is 1.56. The van der Waals surface area contributed by atoms with Crippen LogP contribution in [0.3, 0.4) is 0 Å². The molecule has 0 saturated carbocycles. The first-order valence-electron chi connectivity index (χ1n) is 6.98. The largest absolute Gasteiger partial charge is 0.372 e. The average molecular weight is 245 g/mol. The Morgan fingerprint density at radius 3 is 3.28 bits per heavy atom. The van der Waals surface area contributed by atoms with Crippen molar-refractivity contribution in [2.75, 3.05) is 19.7 Å². The standard InChI is InChI=1S/C14H19N3O/c1-2-5-11-10(4-1)13-14(12-6-3-7-15-12)18-9-8-17(13)16-11/h1-2,4-5,10,12-15H,3,6-9H2/t10?,12-,13?,14?/m0/s1. The number of hydrazone groups is 1. The van der Waals surface area contributed by atoms with Crippen molar-refractivity contribution in [2.45, 2.75) is 31.0 Å². The highest BCUT2D eigenvalue weighted by Crippen LogP contribution is 2.34. The summed E-state index contributed by atoms with van der Waals surface area (Å²) in [6, 6.07) is 0.900. The molecule has 1 aliphatic carbocycles. The van der Waals surface area contributed by atoms with Gasteiger partial charge in [-0.15, -0.1) is 0 Å². The molecule has 0 bridgehead atoms. The second-order valence-electron chi connectivity index (χ2n) is 5.49. The van der Waals surface area contributed by atoms with Gasteiger partial charge in [-0.05, 0) is 25.5 Å². The van der Waals surface area contributed by atoms with E-state index in [4.69, 9.17) is 9.84 Å². The van der Waals surface area contributed by atoms with Gasteiger partial charge in [-0.25, -0.2) is 0 Å². The Bertz CT molecular complexity index is 423. The van der Waals surface area contributed by atoms with Gasteiger partial charge in [-0.3, -0.25) is 5.01 Å². The summed E-state index contributed by atoms with van der Waals surface area (Å²) in [5.41, 5.74) is 1.20. The molecule has 4 atom stereocenters. The predicted molar refractivity (Wildman–Crippen MR) is 70.5 cm³/mol. The summed E-state index contributed by atoms with van der Waals surface area (Å²) in [5.74, 6) is 0.419. The highest BCUT2D eigenvalue weighted by molar-refractivity contribution is 6.00. The summed E-state index contributed by atoms with van der Waals surface area (Å²) in [7, 11) is 0. The van der Waals surface area contributed by atoms with Crippen LogP contribution in [0.4, 0.5) is 0 Å². The number of rotatable bonds is 1. The molecule has 2 fully saturated rings. The number of nitrogens with one attached hydrogen (secondary N) is 1. The average Bonchev–Trinajstić information content (AvgIpc) is 3.05. The van der Waals surface area contributed by atoms with Crippen LogP contribution in [0.2, 0.25) is 0 Å². The summed E-state index contributed by atoms with van der Waals surface area (Å²) in [5, 5.41) is 10.6. The molecule has 0 amide bonds. The Labute approximate surface area is 107 Å². The van der Waals surface area contributed by atoms with E-state index >= 15 is 0 Å². The lowest BCUT2D eigenvalue weighted by atomic mass is 9.85. The summed E-state index contributed by atoms with van der Waals surface area (Å²) in [6.07, 6.45) is 11.4. The first-order chi connectivity index (χ1) is 8.93. The highest BCUT2D eigenvalue weighted by atomic mass is 16.5. The van der Waals surface area contributed by atoms with Crippen molar-refractivity contribution in [3.63, 3.8) is 0 Å². The summed E-state index contributed by atoms with van der Waals surface area (Å²) in [6.45, 7) is 2.86. The molecule has 4 heteroatoms. The van der Waals surface area contributed by atoms with Crippen LogP contribution in [0.15, 0.2) is 29.4 Å². The zero-order valence-electron chi connectivity index (χ0n) is 10.5. The van der Waals surface area contributed by atoms with Crippen LogP contribution >= 0.6 is 0 Å². The van der Waals surface area contributed by atoms with Gasteiger partial charge in [0.15, 0.2) is 0 Å². The van der Waals surface area contributed by atoms with Gasteiger partial charge in [0.1, 0.15) is 0 Å². The van der Waals surface area contributed by atoms with Gasteiger partial charge in [-0.2, -0.15) is 5.10 Å². The fourth-order valence-corrected chi connectivity index (χ4v) is 3.64. The van der Waals surface area contributed by atoms with Crippen LogP contribution < -0.4 is 5.32 Å². The maximum Gasteiger partial charge on any atom is 0.0958 e. The fraction of sp³-hybridized carbons (Fsp3) is 0.643. The Morgan fingerprint density at radius 2 is 2.39 bits per heavy atom. The fourth-order valence-electron chi connectivity index (χ4n) is 3.64. The quantitative estimate of drug-likeness (QED) is 0.746. The van der Waals surface area contributed by atoms with E-state index in [-0.39, 0.29) is 6.10 Å². The number of morpholine rings is 1. The molecule has 4 nitrogen and oxygen atoms in total. The van der Waals surface area contributed by atoms with Gasteiger partial charge in [-0.1, -0.05) is 18.2 Å². The van der Waals surface area contributed by atoms with Gasteiger partial charge in [0.2, 0.25) is 0 Å². The van der Waals surface area contributed by atoms with Gasteiger partial charge < -0.3 is 10.1 Å². The van der Waals surface area contributed by atoms with Crippen molar-refractivity contribution in [1.82, 2.24) is 10.3 Å². The van der Waals surface area contributed by atoms with E-state index in [1.165, 1.54) is 18.6 Å². The number of hydrogen-bond donors (Lipinski definition) is 1. The zero-order valence-corrected chi connectivity index (χ0v) is 10.5. The van der Waals surface area contributed by atoms with Crippen LogP contribution in [-0.4, -0.2) is 48.6 Å². The third-order valence-corrected chi connectivity index (χ3v) is 4.46. The van der Waals surface area contributed by atoms with E-state index in [0.717, 1.165) is 19.7 Å². The van der Waals surface area contributed by atoms with E-state index in [0.29, 0.717) is 18.0 Å². The topological polar surface area (TPSA) is 36.9 Å². The molecule has 0 radical (unpaired) electrons. The predicted octanol–water partition coefficient (Wildman–Crippen LogP) is 0.920. The first-order valence-corrected chi connectivity index (χ1v) is 6.98. The van der Waals surface area contributed by atoms with Gasteiger partial charge in [0.25, 0.3) is 0 Å². The van der Waals surface area contributed by atoms with Gasteiger partial charge in [0, 0.05) is 12.0 Å². The summed E-state index contributed by atoms with van der Waals surface area (Å²) < 4.78 is 6.09. The SMILES string of the molecule is C1=CC2=NN3CCOC([C@@H]4CCCN4)C3C2C=C1. The van der Waals surface area contributed by atoms with Crippen molar-refractivity contribution in [3.8, 4) is 0 Å². The number of hydrogen-bond acceptors (Lipinski definition) is 4. The minimum Gasteiger partial charge on any atom is -0.372 e. The monoisotopic (exact) mass is 245 g/mol. The molecule has 4 rings (SSSR count). The molecule has 0 aromatic rings. The Kier molecular flexibility index (Phi) is 2.52. The lowest BCUT2D eigenvalue weighted by Crippen LogP contribution is -2.56. The van der Waals surface area contributed by atoms with Crippen molar-refractivity contribution in [3.05, 3.63) is 24.3 Å². The molecule has 3 heterocycles. The van der Waals surface area contributed by atoms with Crippen LogP contribution in [0.5, 0.6) is 0 Å². The van der Waals surface area contributed by atoms with Crippen molar-refractivity contribution in [1.29, 1.82) is 0 Å². The lowest BCUT2D eigenvalue weighted by molar-refractivity contribution is -0.0821. The second-order valence-corrected chi connectivity index (χ2v) is 5.49. The van der Waals surface area contributed by atoms with Gasteiger partial charge in [0.05, 0.1) is 31.0 Å². The molecule has 3 unspecified atom stereocenters. The maximum atomic E-state index is 6.09. The van der Waals surface area contributed by atoms with Crippen molar-refractivity contribution >= 4 is 5.71 Å². The third-order valence-electron chi connectivity index (χ3n) is 4.46. The van der Waals surface area contributed by atoms with Crippen LogP contribution in [0.1, 0.15) is 12.8 Å². The van der Waals surface area contributed by atoms with E-state index in [1.54, 1.807) is 0 Å². The number of nitrogens with zero attached hydrogens (tertiary/aromatic N) is 2. The summed E-state index contributed by atoms with van der Waals surface area (Å²) >= 11 is 0. The van der Waals surface area contributed by atoms with Crippen molar-refractivity contribution < 1.29 is 4.74 Å². The molecule has 0 aromatic carbocycles. The Hall–Kier alpha value is -1.13. The van der Waals surface area contributed by atoms with Crippen LogP contribution in [0.25, 0.3) is 0 Å². The minimum atomic E-state index is 0.281. The van der Waals surface area contributed by atoms with Crippen molar-refractivity contribution in [2.24, 2.45) is 11.0 Å². The van der Waals surface area contributed by atoms with Crippen LogP contribution in [-0.2, 0) is 4.74 Å². The van der Waals surface area contributed by atoms with E-state index in [2.05, 4.69) is 34.6 Å². The first kappa shape index (κ1) is 10.8. The normalized spacial score (nSPS) is 41.8. The molecule has 18 heavy (non-hydrogen) atoms. The molecule has 4 aliphatic rings. The molecule has 1 N–H and O–H groups in total. The molecular formula is C14H19N3O. The molecule has 3 aliphatic heterocycles. The Morgan fingerprint density at radius 1 is 1.39 bits per heavy atom. The van der Waals surface area contributed by atoms with E-state index in [1.807, 2.05) is 0 Å². The zero-order chi connectivity index (χ0) is 11.9. The minimum absolute atomic E-state index is 0.281. The highest BCUT2D eigenvalue weighted by Gasteiger charge is 2.46. The lowest BCUT2D eigenvalue weighted by Gasteiger charge is -2.41. The molecule has 2 saturated heterocycles. The van der Waals surface area contributed by atoms with Crippen LogP contribution in [0, 0.1) is 5.92 Å². The van der Waals surface area contributed by atoms with E-state index < -0.39 is 0 Å². The van der Waals surface area contributed by atoms with Gasteiger partial charge >= 0.3 is 0 Å². The second kappa shape index (κ2) is 4.21. The summed E-state index contributed by atoms with van der Waals surface area (Å²) in [4.78, 5) is 0. The smallest absolute Gasteiger partial charge is 0.0958 e. The molecule has 96 valence electrons. The number of ether oxygens (including phenoxy) is 1.